The molecule has 0 N–H and O–H groups in total. The zero-order valence-corrected chi connectivity index (χ0v) is 18.5. The summed E-state index contributed by atoms with van der Waals surface area (Å²) in [6, 6.07) is 24.6. The van der Waals surface area contributed by atoms with Crippen LogP contribution >= 0.6 is 0 Å². The molecule has 1 unspecified atom stereocenters. The fourth-order valence-electron chi connectivity index (χ4n) is 4.34. The van der Waals surface area contributed by atoms with Crippen LogP contribution in [0.5, 0.6) is 5.75 Å². The predicted molar refractivity (Wildman–Crippen MR) is 127 cm³/mol. The highest BCUT2D eigenvalue weighted by Gasteiger charge is 2.31. The van der Waals surface area contributed by atoms with Crippen LogP contribution in [0.25, 0.3) is 0 Å². The number of para-hydroxylation sites is 1. The number of anilines is 2. The fraction of sp³-hybridized carbons (Fsp3) is 0.296. The Bertz CT molecular complexity index is 1030. The first-order valence-corrected chi connectivity index (χ1v) is 10.9. The largest absolute Gasteiger partial charge is 0.497 e. The number of amides is 1. The van der Waals surface area contributed by atoms with Crippen molar-refractivity contribution >= 4 is 17.3 Å². The van der Waals surface area contributed by atoms with E-state index in [1.807, 2.05) is 61.5 Å². The molecule has 3 aromatic carbocycles. The normalized spacial score (nSPS) is 15.1. The molecule has 0 heterocycles. The van der Waals surface area contributed by atoms with Gasteiger partial charge in [0.15, 0.2) is 0 Å². The smallest absolute Gasteiger partial charge is 0.234 e. The van der Waals surface area contributed by atoms with Gasteiger partial charge in [0, 0.05) is 25.5 Å². The Labute approximate surface area is 185 Å². The molecule has 4 nitrogen and oxygen atoms in total. The molecule has 1 atom stereocenters. The number of rotatable bonds is 6. The lowest BCUT2D eigenvalue weighted by molar-refractivity contribution is -0.120. The van der Waals surface area contributed by atoms with Crippen LogP contribution in [0.3, 0.4) is 0 Å². The van der Waals surface area contributed by atoms with Crippen molar-refractivity contribution in [2.45, 2.75) is 31.7 Å². The first kappa shape index (κ1) is 21.0. The highest BCUT2D eigenvalue weighted by molar-refractivity contribution is 5.98. The Morgan fingerprint density at radius 1 is 0.968 bits per heavy atom. The van der Waals surface area contributed by atoms with Crippen LogP contribution in [-0.2, 0) is 17.8 Å². The minimum Gasteiger partial charge on any atom is -0.497 e. The van der Waals surface area contributed by atoms with E-state index in [9.17, 15) is 4.79 Å². The standard InChI is InChI=1S/C27H30N2O2/c1-28(2)22-15-12-20(13-16-22)19-29(23-9-5-4-6-10-23)27(30)25-11-7-8-21-14-17-24(31-3)18-26(21)25/h4-6,9-10,12-18,25H,7-8,11,19H2,1-3H3. The van der Waals surface area contributed by atoms with Gasteiger partial charge in [-0.15, -0.1) is 0 Å². The van der Waals surface area contributed by atoms with Crippen molar-refractivity contribution in [3.05, 3.63) is 89.5 Å². The molecule has 0 saturated heterocycles. The van der Waals surface area contributed by atoms with Gasteiger partial charge in [0.2, 0.25) is 5.91 Å². The van der Waals surface area contributed by atoms with Gasteiger partial charge in [0.25, 0.3) is 0 Å². The summed E-state index contributed by atoms with van der Waals surface area (Å²) in [5, 5.41) is 0. The lowest BCUT2D eigenvalue weighted by atomic mass is 9.81. The average molecular weight is 415 g/mol. The van der Waals surface area contributed by atoms with E-state index >= 15 is 0 Å². The van der Waals surface area contributed by atoms with Gasteiger partial charge in [-0.3, -0.25) is 4.79 Å². The van der Waals surface area contributed by atoms with Gasteiger partial charge < -0.3 is 14.5 Å². The molecule has 3 aromatic rings. The van der Waals surface area contributed by atoms with Crippen molar-refractivity contribution < 1.29 is 9.53 Å². The van der Waals surface area contributed by atoms with Gasteiger partial charge in [0.05, 0.1) is 19.6 Å². The van der Waals surface area contributed by atoms with Crippen LogP contribution in [0.15, 0.2) is 72.8 Å². The SMILES string of the molecule is COc1ccc2c(c1)C(C(=O)N(Cc1ccc(N(C)C)cc1)c1ccccc1)CCC2. The van der Waals surface area contributed by atoms with E-state index < -0.39 is 0 Å². The van der Waals surface area contributed by atoms with E-state index in [0.29, 0.717) is 6.54 Å². The second-order valence-corrected chi connectivity index (χ2v) is 8.33. The lowest BCUT2D eigenvalue weighted by Crippen LogP contribution is -2.36. The molecule has 4 rings (SSSR count). The molecule has 0 spiro atoms. The molecule has 160 valence electrons. The van der Waals surface area contributed by atoms with Gasteiger partial charge in [-0.2, -0.15) is 0 Å². The molecule has 1 aliphatic carbocycles. The maximum absolute atomic E-state index is 13.9. The molecule has 4 heteroatoms. The molecule has 0 saturated carbocycles. The quantitative estimate of drug-likeness (QED) is 0.540. The second-order valence-electron chi connectivity index (χ2n) is 8.33. The van der Waals surface area contributed by atoms with Crippen molar-refractivity contribution in [2.24, 2.45) is 0 Å². The first-order chi connectivity index (χ1) is 15.1. The lowest BCUT2D eigenvalue weighted by Gasteiger charge is -2.31. The van der Waals surface area contributed by atoms with E-state index in [4.69, 9.17) is 4.74 Å². The number of fused-ring (bicyclic) bond motifs is 1. The maximum atomic E-state index is 13.9. The van der Waals surface area contributed by atoms with Crippen LogP contribution in [-0.4, -0.2) is 27.1 Å². The number of carbonyl (C=O) groups is 1. The number of hydrogen-bond donors (Lipinski definition) is 0. The minimum absolute atomic E-state index is 0.150. The van der Waals surface area contributed by atoms with Crippen molar-refractivity contribution in [3.8, 4) is 5.75 Å². The zero-order chi connectivity index (χ0) is 21.8. The molecular weight excluding hydrogens is 384 g/mol. The number of carbonyl (C=O) groups excluding carboxylic acids is 1. The number of ether oxygens (including phenoxy) is 1. The monoisotopic (exact) mass is 414 g/mol. The summed E-state index contributed by atoms with van der Waals surface area (Å²) in [6.45, 7) is 0.548. The minimum atomic E-state index is -0.153. The van der Waals surface area contributed by atoms with E-state index in [1.54, 1.807) is 7.11 Å². The third kappa shape index (κ3) is 4.58. The molecule has 1 amide bonds. The highest BCUT2D eigenvalue weighted by Crippen LogP contribution is 2.36. The molecule has 0 aromatic heterocycles. The summed E-state index contributed by atoms with van der Waals surface area (Å²) < 4.78 is 5.45. The summed E-state index contributed by atoms with van der Waals surface area (Å²) in [6.07, 6.45) is 2.90. The summed E-state index contributed by atoms with van der Waals surface area (Å²) >= 11 is 0. The second kappa shape index (κ2) is 9.25. The third-order valence-electron chi connectivity index (χ3n) is 6.09. The zero-order valence-electron chi connectivity index (χ0n) is 18.5. The van der Waals surface area contributed by atoms with Crippen molar-refractivity contribution in [1.29, 1.82) is 0 Å². The fourth-order valence-corrected chi connectivity index (χ4v) is 4.34. The number of nitrogens with zero attached hydrogens (tertiary/aromatic N) is 2. The summed E-state index contributed by atoms with van der Waals surface area (Å²) in [7, 11) is 5.74. The van der Waals surface area contributed by atoms with Crippen molar-refractivity contribution in [3.63, 3.8) is 0 Å². The van der Waals surface area contributed by atoms with E-state index in [0.717, 1.165) is 47.5 Å². The van der Waals surface area contributed by atoms with Gasteiger partial charge in [-0.05, 0) is 72.4 Å². The molecule has 0 aliphatic heterocycles. The van der Waals surface area contributed by atoms with E-state index in [-0.39, 0.29) is 11.8 Å². The number of hydrogen-bond acceptors (Lipinski definition) is 3. The topological polar surface area (TPSA) is 32.8 Å². The molecule has 0 fully saturated rings. The summed E-state index contributed by atoms with van der Waals surface area (Å²) in [5.41, 5.74) is 5.56. The number of aryl methyl sites for hydroxylation is 1. The van der Waals surface area contributed by atoms with E-state index in [2.05, 4.69) is 35.2 Å². The molecule has 1 aliphatic rings. The Morgan fingerprint density at radius 2 is 1.71 bits per heavy atom. The number of benzene rings is 3. The van der Waals surface area contributed by atoms with Gasteiger partial charge in [-0.25, -0.2) is 0 Å². The molecular formula is C27H30N2O2. The maximum Gasteiger partial charge on any atom is 0.234 e. The summed E-state index contributed by atoms with van der Waals surface area (Å²) in [5.74, 6) is 0.807. The predicted octanol–water partition coefficient (Wildman–Crippen LogP) is 5.41. The van der Waals surface area contributed by atoms with Crippen LogP contribution in [0.4, 0.5) is 11.4 Å². The van der Waals surface area contributed by atoms with Crippen molar-refractivity contribution in [1.82, 2.24) is 0 Å². The Morgan fingerprint density at radius 3 is 2.39 bits per heavy atom. The highest BCUT2D eigenvalue weighted by atomic mass is 16.5. The average Bonchev–Trinajstić information content (AvgIpc) is 2.82. The van der Waals surface area contributed by atoms with Crippen LogP contribution in [0, 0.1) is 0 Å². The first-order valence-electron chi connectivity index (χ1n) is 10.9. The Balaban J connectivity index is 1.67. The van der Waals surface area contributed by atoms with Gasteiger partial charge in [0.1, 0.15) is 5.75 Å². The third-order valence-corrected chi connectivity index (χ3v) is 6.09. The summed E-state index contributed by atoms with van der Waals surface area (Å²) in [4.78, 5) is 17.9. The number of methoxy groups -OCH3 is 1. The van der Waals surface area contributed by atoms with Crippen LogP contribution in [0.2, 0.25) is 0 Å². The van der Waals surface area contributed by atoms with Gasteiger partial charge >= 0.3 is 0 Å². The van der Waals surface area contributed by atoms with Crippen LogP contribution < -0.4 is 14.5 Å². The molecule has 0 bridgehead atoms. The molecule has 31 heavy (non-hydrogen) atoms. The Kier molecular flexibility index (Phi) is 6.26. The van der Waals surface area contributed by atoms with E-state index in [1.165, 1.54) is 5.56 Å². The Hall–Kier alpha value is -3.27. The van der Waals surface area contributed by atoms with Crippen LogP contribution in [0.1, 0.15) is 35.4 Å². The van der Waals surface area contributed by atoms with Crippen molar-refractivity contribution in [2.75, 3.05) is 31.0 Å². The van der Waals surface area contributed by atoms with Gasteiger partial charge in [-0.1, -0.05) is 36.4 Å². The molecule has 0 radical (unpaired) electrons.